The summed E-state index contributed by atoms with van der Waals surface area (Å²) in [6.07, 6.45) is 5.91. The van der Waals surface area contributed by atoms with Crippen molar-refractivity contribution in [3.63, 3.8) is 0 Å². The molecule has 0 fully saturated rings. The summed E-state index contributed by atoms with van der Waals surface area (Å²) in [5.74, 6) is -0.610. The molecule has 6 nitrogen and oxygen atoms in total. The molecule has 1 aliphatic heterocycles. The number of rotatable bonds is 6. The number of carbonyl (C=O) groups is 2. The van der Waals surface area contributed by atoms with Gasteiger partial charge in [-0.25, -0.2) is 9.97 Å². The number of Topliss-reactive ketones (excluding diaryl/α,β-unsaturated/α-hetero) is 1. The maximum atomic E-state index is 11.9. The summed E-state index contributed by atoms with van der Waals surface area (Å²) < 4.78 is 5.86. The zero-order valence-corrected chi connectivity index (χ0v) is 15.4. The fourth-order valence-corrected chi connectivity index (χ4v) is 3.10. The minimum Gasteiger partial charge on any atom is -0.486 e. The van der Waals surface area contributed by atoms with Crippen LogP contribution in [0, 0.1) is 5.92 Å². The Balaban J connectivity index is 1.67. The summed E-state index contributed by atoms with van der Waals surface area (Å²) >= 11 is 6.36. The Morgan fingerprint density at radius 2 is 2.04 bits per heavy atom. The molecular weight excluding hydrogens is 354 g/mol. The number of aromatic nitrogens is 2. The maximum Gasteiger partial charge on any atom is 0.287 e. The van der Waals surface area contributed by atoms with Gasteiger partial charge in [-0.2, -0.15) is 0 Å². The fourth-order valence-electron chi connectivity index (χ4n) is 2.82. The van der Waals surface area contributed by atoms with Gasteiger partial charge in [0.25, 0.3) is 5.91 Å². The van der Waals surface area contributed by atoms with E-state index in [1.807, 2.05) is 19.1 Å². The average molecular weight is 374 g/mol. The standard InChI is InChI=1S/C19H20ClN3O3/c1-3-11(2)17(24)19(25)23-9-15-5-13-4-12(6-16(20)18(13)26-15)14-7-21-10-22-8-14/h4,6-8,10-11,15H,3,5,9H2,1-2H3,(H,23,25). The molecule has 0 spiro atoms. The van der Waals surface area contributed by atoms with Crippen LogP contribution < -0.4 is 10.1 Å². The molecule has 2 heterocycles. The SMILES string of the molecule is CCC(C)C(=O)C(=O)NCC1Cc2cc(-c3cncnc3)cc(Cl)c2O1. The highest BCUT2D eigenvalue weighted by atomic mass is 35.5. The summed E-state index contributed by atoms with van der Waals surface area (Å²) in [4.78, 5) is 31.8. The molecular formula is C19H20ClN3O3. The van der Waals surface area contributed by atoms with Gasteiger partial charge in [-0.1, -0.05) is 25.4 Å². The highest BCUT2D eigenvalue weighted by Gasteiger charge is 2.28. The van der Waals surface area contributed by atoms with E-state index in [0.29, 0.717) is 23.6 Å². The van der Waals surface area contributed by atoms with Crippen molar-refractivity contribution in [2.24, 2.45) is 5.92 Å². The van der Waals surface area contributed by atoms with E-state index in [0.717, 1.165) is 16.7 Å². The van der Waals surface area contributed by atoms with Crippen LogP contribution in [-0.4, -0.2) is 34.3 Å². The number of carbonyl (C=O) groups excluding carboxylic acids is 2. The summed E-state index contributed by atoms with van der Waals surface area (Å²) in [7, 11) is 0. The molecule has 2 atom stereocenters. The Morgan fingerprint density at radius 1 is 1.31 bits per heavy atom. The van der Waals surface area contributed by atoms with Crippen LogP contribution in [0.3, 0.4) is 0 Å². The molecule has 1 N–H and O–H groups in total. The third-order valence-corrected chi connectivity index (χ3v) is 4.80. The van der Waals surface area contributed by atoms with Gasteiger partial charge in [-0.05, 0) is 24.1 Å². The molecule has 0 saturated carbocycles. The lowest BCUT2D eigenvalue weighted by atomic mass is 10.0. The first-order valence-corrected chi connectivity index (χ1v) is 8.93. The maximum absolute atomic E-state index is 11.9. The van der Waals surface area contributed by atoms with Crippen LogP contribution in [-0.2, 0) is 16.0 Å². The van der Waals surface area contributed by atoms with Crippen LogP contribution in [0.1, 0.15) is 25.8 Å². The number of ether oxygens (including phenoxy) is 1. The van der Waals surface area contributed by atoms with E-state index in [1.165, 1.54) is 6.33 Å². The molecule has 0 bridgehead atoms. The third-order valence-electron chi connectivity index (χ3n) is 4.52. The minimum atomic E-state index is -0.563. The van der Waals surface area contributed by atoms with Crippen LogP contribution >= 0.6 is 11.6 Å². The Labute approximate surface area is 156 Å². The third kappa shape index (κ3) is 3.85. The van der Waals surface area contributed by atoms with Gasteiger partial charge in [0.2, 0.25) is 5.78 Å². The van der Waals surface area contributed by atoms with Crippen molar-refractivity contribution in [3.05, 3.63) is 41.4 Å². The van der Waals surface area contributed by atoms with E-state index in [2.05, 4.69) is 15.3 Å². The van der Waals surface area contributed by atoms with Crippen molar-refractivity contribution in [1.29, 1.82) is 0 Å². The molecule has 1 aromatic carbocycles. The number of fused-ring (bicyclic) bond motifs is 1. The quantitative estimate of drug-likeness (QED) is 0.787. The van der Waals surface area contributed by atoms with Gasteiger partial charge < -0.3 is 10.1 Å². The smallest absolute Gasteiger partial charge is 0.287 e. The van der Waals surface area contributed by atoms with Crippen molar-refractivity contribution in [2.75, 3.05) is 6.54 Å². The lowest BCUT2D eigenvalue weighted by molar-refractivity contribution is -0.140. The van der Waals surface area contributed by atoms with Gasteiger partial charge in [0, 0.05) is 35.9 Å². The predicted molar refractivity (Wildman–Crippen MR) is 98.1 cm³/mol. The van der Waals surface area contributed by atoms with E-state index in [9.17, 15) is 9.59 Å². The number of nitrogens with zero attached hydrogens (tertiary/aromatic N) is 2. The largest absolute Gasteiger partial charge is 0.486 e. The van der Waals surface area contributed by atoms with Gasteiger partial charge in [-0.3, -0.25) is 9.59 Å². The number of hydrogen-bond donors (Lipinski definition) is 1. The lowest BCUT2D eigenvalue weighted by Crippen LogP contribution is -2.40. The molecule has 1 amide bonds. The van der Waals surface area contributed by atoms with Crippen molar-refractivity contribution < 1.29 is 14.3 Å². The number of halogens is 1. The Morgan fingerprint density at radius 3 is 2.73 bits per heavy atom. The first-order chi connectivity index (χ1) is 12.5. The van der Waals surface area contributed by atoms with Crippen molar-refractivity contribution >= 4 is 23.3 Å². The van der Waals surface area contributed by atoms with Gasteiger partial charge in [-0.15, -0.1) is 0 Å². The molecule has 0 aliphatic carbocycles. The molecule has 3 rings (SSSR count). The fraction of sp³-hybridized carbons (Fsp3) is 0.368. The Hall–Kier alpha value is -2.47. The van der Waals surface area contributed by atoms with Crippen molar-refractivity contribution in [2.45, 2.75) is 32.8 Å². The summed E-state index contributed by atoms with van der Waals surface area (Å²) in [6.45, 7) is 3.89. The van der Waals surface area contributed by atoms with Gasteiger partial charge in [0.15, 0.2) is 0 Å². The molecule has 26 heavy (non-hydrogen) atoms. The number of benzene rings is 1. The summed E-state index contributed by atoms with van der Waals surface area (Å²) in [5, 5.41) is 3.17. The molecule has 7 heteroatoms. The molecule has 136 valence electrons. The van der Waals surface area contributed by atoms with Crippen LogP contribution in [0.5, 0.6) is 5.75 Å². The Bertz CT molecular complexity index is 826. The minimum absolute atomic E-state index is 0.251. The monoisotopic (exact) mass is 373 g/mol. The van der Waals surface area contributed by atoms with Crippen molar-refractivity contribution in [3.8, 4) is 16.9 Å². The van der Waals surface area contributed by atoms with Crippen LogP contribution in [0.4, 0.5) is 0 Å². The summed E-state index contributed by atoms with van der Waals surface area (Å²) in [5.41, 5.74) is 2.74. The van der Waals surface area contributed by atoms with E-state index in [4.69, 9.17) is 16.3 Å². The second-order valence-electron chi connectivity index (χ2n) is 6.40. The highest BCUT2D eigenvalue weighted by molar-refractivity contribution is 6.36. The van der Waals surface area contributed by atoms with Crippen LogP contribution in [0.2, 0.25) is 5.02 Å². The number of nitrogens with one attached hydrogen (secondary N) is 1. The zero-order valence-electron chi connectivity index (χ0n) is 14.7. The number of hydrogen-bond acceptors (Lipinski definition) is 5. The number of amides is 1. The van der Waals surface area contributed by atoms with E-state index >= 15 is 0 Å². The van der Waals surface area contributed by atoms with Gasteiger partial charge >= 0.3 is 0 Å². The van der Waals surface area contributed by atoms with Crippen molar-refractivity contribution in [1.82, 2.24) is 15.3 Å². The van der Waals surface area contributed by atoms with E-state index < -0.39 is 11.7 Å². The second kappa shape index (κ2) is 7.83. The lowest BCUT2D eigenvalue weighted by Gasteiger charge is -2.13. The topological polar surface area (TPSA) is 81.2 Å². The second-order valence-corrected chi connectivity index (χ2v) is 6.81. The zero-order chi connectivity index (χ0) is 18.7. The first-order valence-electron chi connectivity index (χ1n) is 8.56. The Kier molecular flexibility index (Phi) is 5.52. The molecule has 2 aromatic rings. The highest BCUT2D eigenvalue weighted by Crippen LogP contribution is 2.39. The number of ketones is 1. The average Bonchev–Trinajstić information content (AvgIpc) is 3.09. The molecule has 1 aliphatic rings. The molecule has 0 saturated heterocycles. The predicted octanol–water partition coefficient (Wildman–Crippen LogP) is 2.83. The molecule has 2 unspecified atom stereocenters. The van der Waals surface area contributed by atoms with E-state index in [1.54, 1.807) is 19.3 Å². The van der Waals surface area contributed by atoms with Gasteiger partial charge in [0.1, 0.15) is 18.2 Å². The van der Waals surface area contributed by atoms with E-state index in [-0.39, 0.29) is 18.6 Å². The molecule has 0 radical (unpaired) electrons. The van der Waals surface area contributed by atoms with Gasteiger partial charge in [0.05, 0.1) is 11.6 Å². The molecule has 1 aromatic heterocycles. The normalized spacial score (nSPS) is 16.5. The summed E-state index contributed by atoms with van der Waals surface area (Å²) in [6, 6.07) is 3.80. The van der Waals surface area contributed by atoms with Crippen LogP contribution in [0.25, 0.3) is 11.1 Å². The van der Waals surface area contributed by atoms with Crippen LogP contribution in [0.15, 0.2) is 30.9 Å². The first kappa shape index (κ1) is 18.3.